The van der Waals surface area contributed by atoms with Crippen molar-refractivity contribution in [2.45, 2.75) is 106 Å². The summed E-state index contributed by atoms with van der Waals surface area (Å²) in [5, 5.41) is 15.5. The number of nitrogen functional groups attached to an aromatic ring is 2. The molecule has 0 radical (unpaired) electrons. The number of nitrogens with two attached hydrogens (primary N) is 3. The maximum absolute atomic E-state index is 12.9. The van der Waals surface area contributed by atoms with E-state index in [0.717, 1.165) is 161 Å². The lowest BCUT2D eigenvalue weighted by Crippen LogP contribution is -2.71. The van der Waals surface area contributed by atoms with Gasteiger partial charge in [0, 0.05) is 95.5 Å². The molecule has 12 heteroatoms. The Hall–Kier alpha value is -8.61. The molecule has 1 heterocycles. The van der Waals surface area contributed by atoms with E-state index in [1.54, 1.807) is 0 Å². The number of allylic oxidation sites excluding steroid dienone is 3. The van der Waals surface area contributed by atoms with Gasteiger partial charge in [0.2, 0.25) is 16.7 Å². The maximum Gasteiger partial charge on any atom is 0.251 e. The molecule has 7 aromatic carbocycles. The van der Waals surface area contributed by atoms with E-state index in [9.17, 15) is 9.59 Å². The van der Waals surface area contributed by atoms with Gasteiger partial charge in [0.15, 0.2) is 5.69 Å². The Labute approximate surface area is 479 Å². The number of para-hydroxylation sites is 2. The molecule has 9 rings (SSSR count). The molecular weight excluding hydrogens is 1000 g/mol. The third kappa shape index (κ3) is 15.6. The summed E-state index contributed by atoms with van der Waals surface area (Å²) >= 11 is 0. The SMILES string of the molecule is C=Nc1cc(C)c(N)cc1[NH2+]c1ccccc1C.CC1=CCCC=C1NCCCCCCNC(=O)c1ccc(-c2ccc(C(=O)NCCCCCCNc3cc4c(cc3C)nc3cc(C)c(N)cc3[n+]4-c3ccccc3C)cc2)cc1. The van der Waals surface area contributed by atoms with Crippen molar-refractivity contribution in [1.82, 2.24) is 20.9 Å². The smallest absolute Gasteiger partial charge is 0.251 e. The fourth-order valence-electron chi connectivity index (χ4n) is 10.2. The summed E-state index contributed by atoms with van der Waals surface area (Å²) in [4.78, 5) is 34.8. The van der Waals surface area contributed by atoms with E-state index in [2.05, 4.69) is 137 Å². The third-order valence-corrected chi connectivity index (χ3v) is 15.3. The number of hydrogen-bond donors (Lipinski definition) is 7. The van der Waals surface area contributed by atoms with Crippen LogP contribution in [0.2, 0.25) is 0 Å². The minimum Gasteiger partial charge on any atom is -0.398 e. The molecule has 0 saturated carbocycles. The number of nitrogens with one attached hydrogen (secondary N) is 4. The number of benzene rings is 7. The summed E-state index contributed by atoms with van der Waals surface area (Å²) in [7, 11) is 0. The monoisotopic (exact) mass is 1080 g/mol. The molecule has 0 bridgehead atoms. The van der Waals surface area contributed by atoms with Gasteiger partial charge in [-0.05, 0) is 169 Å². The van der Waals surface area contributed by atoms with Crippen molar-refractivity contribution < 1.29 is 19.5 Å². The molecule has 12 nitrogen and oxygen atoms in total. The van der Waals surface area contributed by atoms with Gasteiger partial charge >= 0.3 is 0 Å². The van der Waals surface area contributed by atoms with E-state index in [0.29, 0.717) is 24.2 Å². The molecule has 10 N–H and O–H groups in total. The number of carbonyl (C=O) groups is 2. The van der Waals surface area contributed by atoms with Crippen LogP contribution in [-0.4, -0.2) is 49.7 Å². The van der Waals surface area contributed by atoms with Crippen molar-refractivity contribution in [3.8, 4) is 16.8 Å². The summed E-state index contributed by atoms with van der Waals surface area (Å²) < 4.78 is 2.29. The van der Waals surface area contributed by atoms with Crippen molar-refractivity contribution >= 4 is 74.7 Å². The first kappa shape index (κ1) is 58.5. The molecule has 0 aliphatic heterocycles. The Morgan fingerprint density at radius 1 is 0.543 bits per heavy atom. The van der Waals surface area contributed by atoms with E-state index >= 15 is 0 Å². The van der Waals surface area contributed by atoms with Crippen LogP contribution in [0.1, 0.15) is 120 Å². The third-order valence-electron chi connectivity index (χ3n) is 15.3. The second-order valence-corrected chi connectivity index (χ2v) is 21.4. The van der Waals surface area contributed by atoms with E-state index in [1.165, 1.54) is 28.1 Å². The topological polar surface area (TPSA) is 180 Å². The zero-order valence-electron chi connectivity index (χ0n) is 48.4. The van der Waals surface area contributed by atoms with Crippen molar-refractivity contribution in [1.29, 1.82) is 0 Å². The Morgan fingerprint density at radius 2 is 1.06 bits per heavy atom. The molecule has 81 heavy (non-hydrogen) atoms. The molecule has 0 saturated heterocycles. The van der Waals surface area contributed by atoms with Crippen LogP contribution in [0.3, 0.4) is 0 Å². The summed E-state index contributed by atoms with van der Waals surface area (Å²) in [5.41, 5.74) is 34.6. The molecule has 0 spiro atoms. The highest BCUT2D eigenvalue weighted by Gasteiger charge is 2.23. The molecule has 1 aliphatic rings. The quantitative estimate of drug-likeness (QED) is 0.0109. The Bertz CT molecular complexity index is 3560. The largest absolute Gasteiger partial charge is 0.398 e. The van der Waals surface area contributed by atoms with Crippen LogP contribution < -0.4 is 42.6 Å². The number of carbonyl (C=O) groups excluding carboxylic acids is 2. The highest BCUT2D eigenvalue weighted by molar-refractivity contribution is 5.96. The molecule has 1 aromatic heterocycles. The zero-order valence-corrected chi connectivity index (χ0v) is 48.4. The van der Waals surface area contributed by atoms with Crippen LogP contribution in [-0.2, 0) is 0 Å². The number of anilines is 3. The number of hydrogen-bond acceptors (Lipinski definition) is 8. The second-order valence-electron chi connectivity index (χ2n) is 21.4. The van der Waals surface area contributed by atoms with E-state index in [1.807, 2.05) is 92.7 Å². The highest BCUT2D eigenvalue weighted by atomic mass is 16.2. The minimum atomic E-state index is -0.0636. The van der Waals surface area contributed by atoms with Gasteiger partial charge < -0.3 is 32.7 Å². The van der Waals surface area contributed by atoms with Crippen LogP contribution in [0, 0.1) is 34.6 Å². The fourth-order valence-corrected chi connectivity index (χ4v) is 10.2. The predicted molar refractivity (Wildman–Crippen MR) is 338 cm³/mol. The van der Waals surface area contributed by atoms with Crippen LogP contribution in [0.5, 0.6) is 0 Å². The van der Waals surface area contributed by atoms with Crippen LogP contribution in [0.4, 0.5) is 34.1 Å². The van der Waals surface area contributed by atoms with Crippen LogP contribution in [0.15, 0.2) is 162 Å². The fraction of sp³-hybridized carbons (Fsp3) is 0.290. The summed E-state index contributed by atoms with van der Waals surface area (Å²) in [6, 6.07) is 44.4. The Morgan fingerprint density at radius 3 is 1.65 bits per heavy atom. The summed E-state index contributed by atoms with van der Waals surface area (Å²) in [5.74, 6) is -0.109. The van der Waals surface area contributed by atoms with Gasteiger partial charge in [-0.2, -0.15) is 0 Å². The summed E-state index contributed by atoms with van der Waals surface area (Å²) in [6.45, 7) is 19.3. The van der Waals surface area contributed by atoms with Crippen molar-refractivity contribution in [3.63, 3.8) is 0 Å². The lowest BCUT2D eigenvalue weighted by Gasteiger charge is -2.15. The standard InChI is InChI=1S/C54H63N7O2.C15H17N3/c1-37-17-9-11-19-46(37)56-29-13-5-7-15-31-58-53(62)43-25-21-41(22-26-43)42-23-27-44(28-24-42)54(63)59-32-16-8-6-14-30-57-47-36-52-49(34-40(47)4)60-48-33-39(3)45(55)35-51(48)61(52)50-20-12-10-18-38(50)2;1-10-6-4-5-7-13(10)18-15-9-12(16)11(2)8-14(15)17-3/h10,12,17-28,33-36,56H,5-9,11,13-16,29-32H2,1-4H3,(H4,55,57,58,59,62,63);4-9,18H,3,16H2,1-2H3/p+2. The number of quaternary nitrogens is 1. The van der Waals surface area contributed by atoms with Gasteiger partial charge in [0.05, 0.1) is 0 Å². The molecule has 418 valence electrons. The number of aromatic nitrogens is 2. The van der Waals surface area contributed by atoms with Crippen molar-refractivity contribution in [3.05, 3.63) is 196 Å². The van der Waals surface area contributed by atoms with Gasteiger partial charge in [-0.15, -0.1) is 4.57 Å². The lowest BCUT2D eigenvalue weighted by atomic mass is 10.0. The van der Waals surface area contributed by atoms with Crippen LogP contribution in [0.25, 0.3) is 38.9 Å². The van der Waals surface area contributed by atoms with Gasteiger partial charge in [0.1, 0.15) is 22.4 Å². The number of aryl methyl sites for hydroxylation is 5. The van der Waals surface area contributed by atoms with Crippen molar-refractivity contribution in [2.75, 3.05) is 43.0 Å². The number of rotatable bonds is 23. The van der Waals surface area contributed by atoms with Crippen molar-refractivity contribution in [2.24, 2.45) is 4.99 Å². The molecule has 0 atom stereocenters. The summed E-state index contributed by atoms with van der Waals surface area (Å²) in [6.07, 6.45) is 15.3. The molecule has 8 aromatic rings. The average molecular weight is 1080 g/mol. The second kappa shape index (κ2) is 28.5. The average Bonchev–Trinajstić information content (AvgIpc) is 3.53. The van der Waals surface area contributed by atoms with Gasteiger partial charge in [-0.25, -0.2) is 4.98 Å². The highest BCUT2D eigenvalue weighted by Crippen LogP contribution is 2.29. The molecule has 0 unspecified atom stereocenters. The first-order valence-electron chi connectivity index (χ1n) is 28.8. The predicted octanol–water partition coefficient (Wildman–Crippen LogP) is 13.5. The zero-order chi connectivity index (χ0) is 57.3. The van der Waals surface area contributed by atoms with E-state index < -0.39 is 0 Å². The maximum atomic E-state index is 12.9. The number of aliphatic imine (C=N–C) groups is 1. The molecular formula is C69H82N10O2+2. The number of nitrogens with zero attached hydrogens (tertiary/aromatic N) is 3. The van der Waals surface area contributed by atoms with Crippen LogP contribution >= 0.6 is 0 Å². The first-order valence-corrected chi connectivity index (χ1v) is 28.8. The van der Waals surface area contributed by atoms with E-state index in [-0.39, 0.29) is 11.8 Å². The first-order chi connectivity index (χ1) is 39.3. The normalized spacial score (nSPS) is 12.0. The molecule has 1 aliphatic carbocycles. The van der Waals surface area contributed by atoms with Gasteiger partial charge in [0.25, 0.3) is 11.8 Å². The van der Waals surface area contributed by atoms with E-state index in [4.69, 9.17) is 16.5 Å². The number of unbranched alkanes of at least 4 members (excludes halogenated alkanes) is 6. The number of fused-ring (bicyclic) bond motifs is 2. The Balaban J connectivity index is 0.000000404. The van der Waals surface area contributed by atoms with Gasteiger partial charge in [-0.1, -0.05) is 98.5 Å². The Kier molecular flexibility index (Phi) is 20.6. The molecule has 0 fully saturated rings. The van der Waals surface area contributed by atoms with Gasteiger partial charge in [-0.3, -0.25) is 19.9 Å². The molecule has 2 amide bonds. The minimum absolute atomic E-state index is 0.0459. The lowest BCUT2D eigenvalue weighted by molar-refractivity contribution is -0.538. The number of amides is 2.